The van der Waals surface area contributed by atoms with Gasteiger partial charge in [0.15, 0.2) is 0 Å². The average molecular weight is 208 g/mol. The summed E-state index contributed by atoms with van der Waals surface area (Å²) >= 11 is 1.70. The molecule has 1 aromatic rings. The van der Waals surface area contributed by atoms with E-state index in [9.17, 15) is 4.79 Å². The van der Waals surface area contributed by atoms with Crippen LogP contribution in [-0.4, -0.2) is 17.3 Å². The van der Waals surface area contributed by atoms with E-state index in [0.717, 1.165) is 12.2 Å². The topological polar surface area (TPSA) is 17.1 Å². The third-order valence-electron chi connectivity index (χ3n) is 2.00. The van der Waals surface area contributed by atoms with E-state index in [4.69, 9.17) is 0 Å². The normalized spacial score (nSPS) is 10.1. The molecule has 1 nitrogen and oxygen atoms in total. The monoisotopic (exact) mass is 208 g/mol. The summed E-state index contributed by atoms with van der Waals surface area (Å²) in [7, 11) is 0. The lowest BCUT2D eigenvalue weighted by molar-refractivity contribution is -0.116. The molecule has 14 heavy (non-hydrogen) atoms. The molecule has 0 saturated carbocycles. The molecule has 0 amide bonds. The smallest absolute Gasteiger partial charge is 0.143 e. The van der Waals surface area contributed by atoms with Crippen molar-refractivity contribution in [2.75, 3.05) is 11.5 Å². The summed E-state index contributed by atoms with van der Waals surface area (Å²) in [6.45, 7) is 2.08. The largest absolute Gasteiger partial charge is 0.299 e. The molecular formula is C12H16OS. The predicted octanol–water partition coefficient (Wildman–Crippen LogP) is 2.94. The minimum Gasteiger partial charge on any atom is -0.299 e. The van der Waals surface area contributed by atoms with Gasteiger partial charge in [-0.05, 0) is 17.7 Å². The molecule has 76 valence electrons. The molecule has 0 atom stereocenters. The first kappa shape index (κ1) is 11.3. The number of benzene rings is 1. The maximum absolute atomic E-state index is 11.4. The Bertz CT molecular complexity index is 269. The van der Waals surface area contributed by atoms with Crippen LogP contribution in [-0.2, 0) is 11.2 Å². The van der Waals surface area contributed by atoms with Crippen LogP contribution in [0.5, 0.6) is 0 Å². The van der Waals surface area contributed by atoms with Crippen molar-refractivity contribution in [1.82, 2.24) is 0 Å². The Morgan fingerprint density at radius 3 is 2.64 bits per heavy atom. The second-order valence-electron chi connectivity index (χ2n) is 3.16. The first-order valence-corrected chi connectivity index (χ1v) is 6.11. The van der Waals surface area contributed by atoms with Crippen molar-refractivity contribution in [2.45, 2.75) is 19.8 Å². The molecule has 0 heterocycles. The number of ketones is 1. The highest BCUT2D eigenvalue weighted by Crippen LogP contribution is 2.05. The number of Topliss-reactive ketones (excluding diaryl/α,β-unsaturated/α-hetero) is 1. The number of carbonyl (C=O) groups excluding carboxylic acids is 1. The SMILES string of the molecule is CCSCC(=O)CCc1ccccc1. The minimum absolute atomic E-state index is 0.362. The van der Waals surface area contributed by atoms with Crippen molar-refractivity contribution in [1.29, 1.82) is 0 Å². The van der Waals surface area contributed by atoms with E-state index in [1.807, 2.05) is 18.2 Å². The summed E-state index contributed by atoms with van der Waals surface area (Å²) in [5, 5.41) is 0. The van der Waals surface area contributed by atoms with Gasteiger partial charge in [0.2, 0.25) is 0 Å². The Hall–Kier alpha value is -0.760. The number of hydrogen-bond donors (Lipinski definition) is 0. The lowest BCUT2D eigenvalue weighted by Gasteiger charge is -2.00. The number of rotatable bonds is 6. The summed E-state index contributed by atoms with van der Waals surface area (Å²) < 4.78 is 0. The zero-order valence-corrected chi connectivity index (χ0v) is 9.35. The van der Waals surface area contributed by atoms with Crippen LogP contribution < -0.4 is 0 Å². The highest BCUT2D eigenvalue weighted by atomic mass is 32.2. The summed E-state index contributed by atoms with van der Waals surface area (Å²) in [4.78, 5) is 11.4. The van der Waals surface area contributed by atoms with Gasteiger partial charge in [0.05, 0.1) is 5.75 Å². The van der Waals surface area contributed by atoms with Crippen molar-refractivity contribution in [3.8, 4) is 0 Å². The molecule has 0 aromatic heterocycles. The van der Waals surface area contributed by atoms with Crippen molar-refractivity contribution in [3.63, 3.8) is 0 Å². The Labute approximate surface area is 89.9 Å². The molecule has 0 fully saturated rings. The van der Waals surface area contributed by atoms with Crippen LogP contribution in [0.3, 0.4) is 0 Å². The number of hydrogen-bond acceptors (Lipinski definition) is 2. The van der Waals surface area contributed by atoms with E-state index in [-0.39, 0.29) is 0 Å². The lowest BCUT2D eigenvalue weighted by atomic mass is 10.1. The fourth-order valence-corrected chi connectivity index (χ4v) is 1.79. The van der Waals surface area contributed by atoms with Crippen LogP contribution in [0.2, 0.25) is 0 Å². The molecule has 1 rings (SSSR count). The van der Waals surface area contributed by atoms with Crippen LogP contribution >= 0.6 is 11.8 Å². The fraction of sp³-hybridized carbons (Fsp3) is 0.417. The number of thioether (sulfide) groups is 1. The predicted molar refractivity (Wildman–Crippen MR) is 62.8 cm³/mol. The number of aryl methyl sites for hydroxylation is 1. The first-order valence-electron chi connectivity index (χ1n) is 4.96. The van der Waals surface area contributed by atoms with Crippen LogP contribution in [0.1, 0.15) is 18.9 Å². The second-order valence-corrected chi connectivity index (χ2v) is 4.44. The highest BCUT2D eigenvalue weighted by Gasteiger charge is 2.01. The zero-order chi connectivity index (χ0) is 10.2. The average Bonchev–Trinajstić information content (AvgIpc) is 2.25. The van der Waals surface area contributed by atoms with E-state index >= 15 is 0 Å². The van der Waals surface area contributed by atoms with E-state index < -0.39 is 0 Å². The molecule has 1 aromatic carbocycles. The maximum atomic E-state index is 11.4. The van der Waals surface area contributed by atoms with Gasteiger partial charge in [0.25, 0.3) is 0 Å². The molecule has 0 saturated heterocycles. The molecule has 2 heteroatoms. The van der Waals surface area contributed by atoms with Crippen LogP contribution in [0.4, 0.5) is 0 Å². The van der Waals surface area contributed by atoms with Crippen molar-refractivity contribution < 1.29 is 4.79 Å². The zero-order valence-electron chi connectivity index (χ0n) is 8.53. The molecule has 0 radical (unpaired) electrons. The van der Waals surface area contributed by atoms with Gasteiger partial charge in [-0.3, -0.25) is 4.79 Å². The quantitative estimate of drug-likeness (QED) is 0.715. The maximum Gasteiger partial charge on any atom is 0.143 e. The van der Waals surface area contributed by atoms with Crippen LogP contribution in [0.25, 0.3) is 0 Å². The summed E-state index contributed by atoms with van der Waals surface area (Å²) in [5.41, 5.74) is 1.25. The van der Waals surface area contributed by atoms with E-state index in [0.29, 0.717) is 18.0 Å². The van der Waals surface area contributed by atoms with Crippen molar-refractivity contribution in [3.05, 3.63) is 35.9 Å². The van der Waals surface area contributed by atoms with Gasteiger partial charge < -0.3 is 0 Å². The van der Waals surface area contributed by atoms with Gasteiger partial charge in [-0.1, -0.05) is 37.3 Å². The Kier molecular flexibility index (Phi) is 5.38. The standard InChI is InChI=1S/C12H16OS/c1-2-14-10-12(13)9-8-11-6-4-3-5-7-11/h3-7H,2,8-10H2,1H3. The van der Waals surface area contributed by atoms with Gasteiger partial charge in [-0.25, -0.2) is 0 Å². The Morgan fingerprint density at radius 2 is 2.00 bits per heavy atom. The summed E-state index contributed by atoms with van der Waals surface area (Å²) in [6, 6.07) is 10.2. The second kappa shape index (κ2) is 6.66. The Morgan fingerprint density at radius 1 is 1.29 bits per heavy atom. The molecule has 0 bridgehead atoms. The van der Waals surface area contributed by atoms with Gasteiger partial charge in [0.1, 0.15) is 5.78 Å². The first-order chi connectivity index (χ1) is 6.83. The molecule has 0 aliphatic carbocycles. The fourth-order valence-electron chi connectivity index (χ4n) is 1.22. The third kappa shape index (κ3) is 4.47. The van der Waals surface area contributed by atoms with Crippen LogP contribution in [0.15, 0.2) is 30.3 Å². The highest BCUT2D eigenvalue weighted by molar-refractivity contribution is 7.99. The van der Waals surface area contributed by atoms with Crippen molar-refractivity contribution >= 4 is 17.5 Å². The summed E-state index contributed by atoms with van der Waals surface area (Å²) in [5.74, 6) is 2.06. The molecule has 0 aliphatic rings. The van der Waals surface area contributed by atoms with E-state index in [1.165, 1.54) is 5.56 Å². The van der Waals surface area contributed by atoms with Crippen molar-refractivity contribution in [2.24, 2.45) is 0 Å². The van der Waals surface area contributed by atoms with Crippen LogP contribution in [0, 0.1) is 0 Å². The van der Waals surface area contributed by atoms with Gasteiger partial charge >= 0.3 is 0 Å². The van der Waals surface area contributed by atoms with E-state index in [2.05, 4.69) is 19.1 Å². The molecule has 0 unspecified atom stereocenters. The lowest BCUT2D eigenvalue weighted by Crippen LogP contribution is -2.03. The summed E-state index contributed by atoms with van der Waals surface area (Å²) in [6.07, 6.45) is 1.56. The van der Waals surface area contributed by atoms with Gasteiger partial charge in [-0.15, -0.1) is 0 Å². The molecular weight excluding hydrogens is 192 g/mol. The Balaban J connectivity index is 2.24. The van der Waals surface area contributed by atoms with Gasteiger partial charge in [0, 0.05) is 6.42 Å². The van der Waals surface area contributed by atoms with Gasteiger partial charge in [-0.2, -0.15) is 11.8 Å². The molecule has 0 spiro atoms. The minimum atomic E-state index is 0.362. The molecule has 0 aliphatic heterocycles. The third-order valence-corrected chi connectivity index (χ3v) is 2.94. The molecule has 0 N–H and O–H groups in total. The number of carbonyl (C=O) groups is 1. The van der Waals surface area contributed by atoms with E-state index in [1.54, 1.807) is 11.8 Å².